The highest BCUT2D eigenvalue weighted by Crippen LogP contribution is 2.20. The molecule has 0 radical (unpaired) electrons. The van der Waals surface area contributed by atoms with Crippen LogP contribution in [0.5, 0.6) is 0 Å². The van der Waals surface area contributed by atoms with Crippen molar-refractivity contribution in [3.63, 3.8) is 0 Å². The normalized spacial score (nSPS) is 12.3. The van der Waals surface area contributed by atoms with Crippen LogP contribution in [0, 0.1) is 3.57 Å². The first kappa shape index (κ1) is 16.7. The van der Waals surface area contributed by atoms with Gasteiger partial charge in [0.2, 0.25) is 0 Å². The Kier molecular flexibility index (Phi) is 5.26. The Balaban J connectivity index is 2.82. The van der Waals surface area contributed by atoms with E-state index in [4.69, 9.17) is 4.55 Å². The zero-order valence-corrected chi connectivity index (χ0v) is 13.6. The molecule has 1 aromatic carbocycles. The molecule has 2 N–H and O–H groups in total. The molecule has 0 heterocycles. The summed E-state index contributed by atoms with van der Waals surface area (Å²) in [5.74, 6) is -0.873. The lowest BCUT2D eigenvalue weighted by Gasteiger charge is -2.13. The Morgan fingerprint density at radius 2 is 2.00 bits per heavy atom. The summed E-state index contributed by atoms with van der Waals surface area (Å²) in [6, 6.07) is 4.53. The number of carbonyl (C=O) groups is 1. The molecule has 0 aromatic heterocycles. The molecule has 1 rings (SSSR count). The van der Waals surface area contributed by atoms with Crippen LogP contribution in [0.3, 0.4) is 0 Å². The van der Waals surface area contributed by atoms with Crippen molar-refractivity contribution in [2.45, 2.75) is 5.25 Å². The van der Waals surface area contributed by atoms with Crippen LogP contribution in [0.25, 0.3) is 0 Å². The van der Waals surface area contributed by atoms with Gasteiger partial charge in [-0.05, 0) is 40.8 Å². The molecule has 106 valence electrons. The number of nitrogens with one attached hydrogen (secondary N) is 1. The molecule has 0 aliphatic rings. The minimum atomic E-state index is -5.56. The number of carbonyl (C=O) groups excluding carboxylic acids is 1. The van der Waals surface area contributed by atoms with Crippen LogP contribution in [0.4, 0.5) is 8.78 Å². The first-order chi connectivity index (χ1) is 8.53. The fourth-order valence-electron chi connectivity index (χ4n) is 1.06. The molecule has 0 aliphatic carbocycles. The first-order valence-electron chi connectivity index (χ1n) is 4.62. The topological polar surface area (TPSA) is 83.5 Å². The largest absolute Gasteiger partial charge is 0.386 e. The van der Waals surface area contributed by atoms with E-state index in [-0.39, 0.29) is 5.56 Å². The van der Waals surface area contributed by atoms with E-state index in [1.165, 1.54) is 12.1 Å². The second-order valence-electron chi connectivity index (χ2n) is 3.45. The third-order valence-corrected chi connectivity index (χ3v) is 3.94. The Hall–Kier alpha value is -0.330. The second-order valence-corrected chi connectivity index (χ2v) is 7.16. The lowest BCUT2D eigenvalue weighted by molar-refractivity contribution is 0.0699. The van der Waals surface area contributed by atoms with Crippen LogP contribution < -0.4 is 5.32 Å². The predicted octanol–water partition coefficient (Wildman–Crippen LogP) is 2.26. The van der Waals surface area contributed by atoms with Gasteiger partial charge in [-0.15, -0.1) is 0 Å². The van der Waals surface area contributed by atoms with Crippen LogP contribution in [0.15, 0.2) is 22.7 Å². The van der Waals surface area contributed by atoms with E-state index in [0.29, 0.717) is 8.04 Å². The van der Waals surface area contributed by atoms with Crippen LogP contribution in [0.1, 0.15) is 10.4 Å². The maximum absolute atomic E-state index is 12.9. The molecule has 0 aliphatic heterocycles. The molecule has 0 spiro atoms. The molecule has 0 saturated heterocycles. The van der Waals surface area contributed by atoms with Gasteiger partial charge >= 0.3 is 15.4 Å². The van der Waals surface area contributed by atoms with Gasteiger partial charge < -0.3 is 5.32 Å². The van der Waals surface area contributed by atoms with Gasteiger partial charge in [0, 0.05) is 13.6 Å². The molecule has 0 atom stereocenters. The lowest BCUT2D eigenvalue weighted by Crippen LogP contribution is -2.41. The minimum Gasteiger partial charge on any atom is -0.345 e. The lowest BCUT2D eigenvalue weighted by atomic mass is 10.2. The molecule has 0 saturated carbocycles. The van der Waals surface area contributed by atoms with Crippen molar-refractivity contribution in [2.24, 2.45) is 0 Å². The Bertz CT molecular complexity index is 588. The van der Waals surface area contributed by atoms with Crippen LogP contribution in [0.2, 0.25) is 0 Å². The molecule has 5 nitrogen and oxygen atoms in total. The number of benzene rings is 1. The SMILES string of the molecule is O=C(NCC(F)(F)S(=O)(=O)O)c1cc(Br)cc(I)c1. The van der Waals surface area contributed by atoms with Crippen molar-refractivity contribution in [1.29, 1.82) is 0 Å². The van der Waals surface area contributed by atoms with Crippen molar-refractivity contribution in [3.05, 3.63) is 31.8 Å². The minimum absolute atomic E-state index is 0.0879. The number of alkyl halides is 2. The zero-order chi connectivity index (χ0) is 14.8. The number of amides is 1. The summed E-state index contributed by atoms with van der Waals surface area (Å²) < 4.78 is 56.1. The average Bonchev–Trinajstić information content (AvgIpc) is 2.23. The number of halogens is 4. The summed E-state index contributed by atoms with van der Waals surface area (Å²) in [7, 11) is -5.56. The van der Waals surface area contributed by atoms with Gasteiger partial charge in [0.1, 0.15) is 0 Å². The van der Waals surface area contributed by atoms with Crippen LogP contribution >= 0.6 is 38.5 Å². The zero-order valence-electron chi connectivity index (χ0n) is 9.03. The van der Waals surface area contributed by atoms with E-state index in [9.17, 15) is 22.0 Å². The van der Waals surface area contributed by atoms with Gasteiger partial charge in [0.15, 0.2) is 0 Å². The van der Waals surface area contributed by atoms with Crippen molar-refractivity contribution in [3.8, 4) is 0 Å². The summed E-state index contributed by atoms with van der Waals surface area (Å²) in [5.41, 5.74) is 0.0879. The highest BCUT2D eigenvalue weighted by atomic mass is 127. The summed E-state index contributed by atoms with van der Waals surface area (Å²) >= 11 is 5.06. The Morgan fingerprint density at radius 3 is 2.47 bits per heavy atom. The monoisotopic (exact) mass is 469 g/mol. The van der Waals surface area contributed by atoms with E-state index in [1.807, 2.05) is 22.6 Å². The van der Waals surface area contributed by atoms with Crippen LogP contribution in [-0.2, 0) is 10.1 Å². The molecule has 10 heteroatoms. The van der Waals surface area contributed by atoms with Crippen LogP contribution in [-0.4, -0.2) is 30.7 Å². The molecule has 19 heavy (non-hydrogen) atoms. The van der Waals surface area contributed by atoms with Crippen molar-refractivity contribution >= 4 is 54.5 Å². The average molecular weight is 470 g/mol. The summed E-state index contributed by atoms with van der Waals surface area (Å²) in [4.78, 5) is 11.6. The quantitative estimate of drug-likeness (QED) is 0.523. The molecule has 1 aromatic rings. The van der Waals surface area contributed by atoms with E-state index in [2.05, 4.69) is 15.9 Å². The maximum Gasteiger partial charge on any atom is 0.386 e. The van der Waals surface area contributed by atoms with E-state index < -0.39 is 27.8 Å². The molecule has 0 fully saturated rings. The highest BCUT2D eigenvalue weighted by molar-refractivity contribution is 14.1. The number of hydrogen-bond acceptors (Lipinski definition) is 3. The highest BCUT2D eigenvalue weighted by Gasteiger charge is 2.44. The fraction of sp³-hybridized carbons (Fsp3) is 0.222. The van der Waals surface area contributed by atoms with E-state index in [0.717, 1.165) is 0 Å². The van der Waals surface area contributed by atoms with Gasteiger partial charge in [-0.3, -0.25) is 9.35 Å². The number of hydrogen-bond donors (Lipinski definition) is 2. The molecule has 0 unspecified atom stereocenters. The standard InChI is InChI=1S/C9H7BrF2INO4S/c10-6-1-5(2-7(13)3-6)8(15)14-4-9(11,12)19(16,17)18/h1-3H,4H2,(H,14,15)(H,16,17,18). The molecular formula is C9H7BrF2INO4S. The van der Waals surface area contributed by atoms with Crippen molar-refractivity contribution in [1.82, 2.24) is 5.32 Å². The third kappa shape index (κ3) is 4.61. The molecular weight excluding hydrogens is 463 g/mol. The first-order valence-corrected chi connectivity index (χ1v) is 7.93. The predicted molar refractivity (Wildman–Crippen MR) is 75.7 cm³/mol. The Labute approximate surface area is 129 Å². The second kappa shape index (κ2) is 5.97. The summed E-state index contributed by atoms with van der Waals surface area (Å²) in [5, 5.41) is -2.68. The van der Waals surface area contributed by atoms with Gasteiger partial charge in [-0.2, -0.15) is 17.2 Å². The maximum atomic E-state index is 12.9. The summed E-state index contributed by atoms with van der Waals surface area (Å²) in [6.45, 7) is -1.51. The Morgan fingerprint density at radius 1 is 1.42 bits per heavy atom. The van der Waals surface area contributed by atoms with Gasteiger partial charge in [-0.1, -0.05) is 15.9 Å². The van der Waals surface area contributed by atoms with Gasteiger partial charge in [0.25, 0.3) is 5.91 Å². The van der Waals surface area contributed by atoms with Gasteiger partial charge in [0.05, 0.1) is 6.54 Å². The van der Waals surface area contributed by atoms with Crippen molar-refractivity contribution < 1.29 is 26.5 Å². The van der Waals surface area contributed by atoms with E-state index >= 15 is 0 Å². The third-order valence-electron chi connectivity index (χ3n) is 1.96. The molecule has 0 bridgehead atoms. The van der Waals surface area contributed by atoms with E-state index in [1.54, 1.807) is 11.4 Å². The summed E-state index contributed by atoms with van der Waals surface area (Å²) in [6.07, 6.45) is 0. The smallest absolute Gasteiger partial charge is 0.345 e. The fourth-order valence-corrected chi connectivity index (χ4v) is 2.91. The van der Waals surface area contributed by atoms with Gasteiger partial charge in [-0.25, -0.2) is 0 Å². The van der Waals surface area contributed by atoms with Crippen molar-refractivity contribution in [2.75, 3.05) is 6.54 Å². The number of rotatable bonds is 4. The molecule has 1 amide bonds.